The maximum absolute atomic E-state index is 11.6. The van der Waals surface area contributed by atoms with Crippen molar-refractivity contribution in [3.8, 4) is 0 Å². The maximum atomic E-state index is 11.6. The van der Waals surface area contributed by atoms with Gasteiger partial charge in [-0.05, 0) is 37.6 Å². The van der Waals surface area contributed by atoms with Crippen molar-refractivity contribution in [1.82, 2.24) is 0 Å². The molecule has 0 saturated heterocycles. The summed E-state index contributed by atoms with van der Waals surface area (Å²) in [7, 11) is 0. The molecule has 0 N–H and O–H groups in total. The molecule has 0 unspecified atom stereocenters. The summed E-state index contributed by atoms with van der Waals surface area (Å²) in [5.74, 6) is -0.392. The van der Waals surface area contributed by atoms with Gasteiger partial charge in [-0.25, -0.2) is 4.79 Å². The molecule has 0 aliphatic rings. The monoisotopic (exact) mass is 238 g/mol. The highest BCUT2D eigenvalue weighted by Gasteiger charge is 2.13. The lowest BCUT2D eigenvalue weighted by molar-refractivity contribution is -0.116. The normalized spacial score (nSPS) is 9.94. The van der Waals surface area contributed by atoms with E-state index in [2.05, 4.69) is 12.6 Å². The van der Waals surface area contributed by atoms with Gasteiger partial charge >= 0.3 is 5.97 Å². The summed E-state index contributed by atoms with van der Waals surface area (Å²) in [4.78, 5) is 23.4. The molecule has 0 spiro atoms. The van der Waals surface area contributed by atoms with Gasteiger partial charge in [-0.3, -0.25) is 4.79 Å². The van der Waals surface area contributed by atoms with Gasteiger partial charge in [-0.15, -0.1) is 12.6 Å². The van der Waals surface area contributed by atoms with Gasteiger partial charge in [0.2, 0.25) is 0 Å². The second kappa shape index (κ2) is 5.70. The molecule has 0 atom stereocenters. The number of hydrogen-bond donors (Lipinski definition) is 1. The molecule has 0 amide bonds. The third kappa shape index (κ3) is 3.38. The van der Waals surface area contributed by atoms with Crippen molar-refractivity contribution >= 4 is 24.4 Å². The molecular weight excluding hydrogens is 224 g/mol. The van der Waals surface area contributed by atoms with Crippen molar-refractivity contribution in [2.24, 2.45) is 0 Å². The highest BCUT2D eigenvalue weighted by Crippen LogP contribution is 2.17. The van der Waals surface area contributed by atoms with Gasteiger partial charge in [-0.1, -0.05) is 0 Å². The van der Waals surface area contributed by atoms with Gasteiger partial charge in [0.05, 0.1) is 12.2 Å². The number of carbonyl (C=O) groups is 2. The van der Waals surface area contributed by atoms with Crippen molar-refractivity contribution in [1.29, 1.82) is 0 Å². The van der Waals surface area contributed by atoms with Gasteiger partial charge in [0.1, 0.15) is 5.78 Å². The number of ketones is 1. The van der Waals surface area contributed by atoms with E-state index in [1.54, 1.807) is 25.1 Å². The molecule has 0 aliphatic heterocycles. The van der Waals surface area contributed by atoms with E-state index in [0.29, 0.717) is 17.7 Å². The average Bonchev–Trinajstić information content (AvgIpc) is 2.16. The van der Waals surface area contributed by atoms with Crippen molar-refractivity contribution in [3.63, 3.8) is 0 Å². The largest absolute Gasteiger partial charge is 0.462 e. The maximum Gasteiger partial charge on any atom is 0.338 e. The van der Waals surface area contributed by atoms with E-state index < -0.39 is 5.97 Å². The number of rotatable bonds is 4. The van der Waals surface area contributed by atoms with Crippen LogP contribution in [0.15, 0.2) is 23.1 Å². The minimum absolute atomic E-state index is 0.00415. The number of hydrogen-bond acceptors (Lipinski definition) is 4. The Kier molecular flexibility index (Phi) is 4.55. The minimum Gasteiger partial charge on any atom is -0.462 e. The number of ether oxygens (including phenoxy) is 1. The predicted octanol–water partition coefficient (Wildman–Crippen LogP) is 2.28. The molecule has 86 valence electrons. The van der Waals surface area contributed by atoms with Gasteiger partial charge in [-0.2, -0.15) is 0 Å². The van der Waals surface area contributed by atoms with Crippen LogP contribution < -0.4 is 0 Å². The van der Waals surface area contributed by atoms with Crippen LogP contribution in [0.5, 0.6) is 0 Å². The summed E-state index contributed by atoms with van der Waals surface area (Å²) in [6.45, 7) is 3.55. The lowest BCUT2D eigenvalue weighted by Crippen LogP contribution is -2.10. The molecule has 0 aromatic heterocycles. The van der Waals surface area contributed by atoms with Crippen molar-refractivity contribution in [3.05, 3.63) is 29.3 Å². The fraction of sp³-hybridized carbons (Fsp3) is 0.333. The molecular formula is C12H14O3S. The van der Waals surface area contributed by atoms with Crippen LogP contribution in [0.2, 0.25) is 0 Å². The number of carbonyl (C=O) groups excluding carboxylic acids is 2. The van der Waals surface area contributed by atoms with Crippen molar-refractivity contribution in [2.45, 2.75) is 25.2 Å². The number of Topliss-reactive ketones (excluding diaryl/α,β-unsaturated/α-hetero) is 1. The minimum atomic E-state index is -0.396. The van der Waals surface area contributed by atoms with Crippen LogP contribution in [0.1, 0.15) is 29.8 Å². The lowest BCUT2D eigenvalue weighted by atomic mass is 10.0. The van der Waals surface area contributed by atoms with Gasteiger partial charge in [0.15, 0.2) is 0 Å². The molecule has 1 aromatic rings. The van der Waals surface area contributed by atoms with Crippen LogP contribution in [-0.4, -0.2) is 18.4 Å². The molecule has 3 nitrogen and oxygen atoms in total. The summed E-state index contributed by atoms with van der Waals surface area (Å²) in [6, 6.07) is 5.06. The topological polar surface area (TPSA) is 43.4 Å². The number of esters is 1. The third-order valence-electron chi connectivity index (χ3n) is 2.02. The third-order valence-corrected chi connectivity index (χ3v) is 2.30. The Morgan fingerprint density at radius 2 is 2.06 bits per heavy atom. The lowest BCUT2D eigenvalue weighted by Gasteiger charge is -2.08. The van der Waals surface area contributed by atoms with Crippen LogP contribution in [0, 0.1) is 0 Å². The molecule has 0 fully saturated rings. The van der Waals surface area contributed by atoms with Crippen molar-refractivity contribution in [2.75, 3.05) is 6.61 Å². The SMILES string of the molecule is CCOC(=O)c1ccc(S)cc1CC(C)=O. The predicted molar refractivity (Wildman–Crippen MR) is 64.0 cm³/mol. The van der Waals surface area contributed by atoms with Gasteiger partial charge in [0, 0.05) is 11.3 Å². The first kappa shape index (κ1) is 12.8. The molecule has 0 heterocycles. The standard InChI is InChI=1S/C12H14O3S/c1-3-15-12(14)11-5-4-10(16)7-9(11)6-8(2)13/h4-5,7,16H,3,6H2,1-2H3. The summed E-state index contributed by atoms with van der Waals surface area (Å²) in [5.41, 5.74) is 1.10. The van der Waals surface area contributed by atoms with Crippen LogP contribution in [0.25, 0.3) is 0 Å². The van der Waals surface area contributed by atoms with Crippen LogP contribution in [-0.2, 0) is 16.0 Å². The van der Waals surface area contributed by atoms with E-state index in [1.807, 2.05) is 0 Å². The first-order chi connectivity index (χ1) is 7.54. The van der Waals surface area contributed by atoms with E-state index in [0.717, 1.165) is 4.90 Å². The van der Waals surface area contributed by atoms with Gasteiger partial charge < -0.3 is 4.74 Å². The van der Waals surface area contributed by atoms with E-state index >= 15 is 0 Å². The Morgan fingerprint density at radius 3 is 2.62 bits per heavy atom. The molecule has 1 rings (SSSR count). The first-order valence-corrected chi connectivity index (χ1v) is 5.47. The van der Waals surface area contributed by atoms with Crippen LogP contribution in [0.4, 0.5) is 0 Å². The Morgan fingerprint density at radius 1 is 1.38 bits per heavy atom. The Hall–Kier alpha value is -1.29. The molecule has 0 radical (unpaired) electrons. The zero-order valence-electron chi connectivity index (χ0n) is 9.32. The molecule has 0 aliphatic carbocycles. The molecule has 4 heteroatoms. The first-order valence-electron chi connectivity index (χ1n) is 5.03. The molecule has 0 saturated carbocycles. The van der Waals surface area contributed by atoms with E-state index in [-0.39, 0.29) is 12.2 Å². The van der Waals surface area contributed by atoms with E-state index in [9.17, 15) is 9.59 Å². The quantitative estimate of drug-likeness (QED) is 0.646. The summed E-state index contributed by atoms with van der Waals surface area (Å²) in [6.07, 6.45) is 0.225. The fourth-order valence-corrected chi connectivity index (χ4v) is 1.63. The second-order valence-corrected chi connectivity index (χ2v) is 3.96. The van der Waals surface area contributed by atoms with Gasteiger partial charge in [0.25, 0.3) is 0 Å². The van der Waals surface area contributed by atoms with E-state index in [4.69, 9.17) is 4.74 Å². The van der Waals surface area contributed by atoms with Crippen LogP contribution >= 0.6 is 12.6 Å². The summed E-state index contributed by atoms with van der Waals surface area (Å²) >= 11 is 4.18. The number of thiol groups is 1. The summed E-state index contributed by atoms with van der Waals surface area (Å²) < 4.78 is 4.91. The average molecular weight is 238 g/mol. The number of benzene rings is 1. The smallest absolute Gasteiger partial charge is 0.338 e. The highest BCUT2D eigenvalue weighted by atomic mass is 32.1. The Balaban J connectivity index is 3.06. The zero-order chi connectivity index (χ0) is 12.1. The molecule has 1 aromatic carbocycles. The Labute approximate surface area is 100 Å². The fourth-order valence-electron chi connectivity index (χ4n) is 1.40. The summed E-state index contributed by atoms with van der Waals surface area (Å²) in [5, 5.41) is 0. The van der Waals surface area contributed by atoms with Crippen molar-refractivity contribution < 1.29 is 14.3 Å². The molecule has 16 heavy (non-hydrogen) atoms. The highest BCUT2D eigenvalue weighted by molar-refractivity contribution is 7.80. The van der Waals surface area contributed by atoms with E-state index in [1.165, 1.54) is 6.92 Å². The molecule has 0 bridgehead atoms. The second-order valence-electron chi connectivity index (χ2n) is 3.44. The zero-order valence-corrected chi connectivity index (χ0v) is 10.2. The Bertz CT molecular complexity index is 413. The van der Waals surface area contributed by atoms with Crippen LogP contribution in [0.3, 0.4) is 0 Å².